The molecule has 0 spiro atoms. The van der Waals surface area contributed by atoms with E-state index in [9.17, 15) is 13.2 Å². The minimum Gasteiger partial charge on any atom is -0.340 e. The standard InChI is InChI=1S/C13H8ClF3N4/c1-7-4-11(21-12(14)19-7)20-9-3-2-8(6-18)10(5-9)13(15,16)17/h2-5H,1H3,(H,19,20,21). The second kappa shape index (κ2) is 5.58. The van der Waals surface area contributed by atoms with Crippen molar-refractivity contribution in [3.05, 3.63) is 46.4 Å². The molecule has 0 fully saturated rings. The number of halogens is 4. The Hall–Kier alpha value is -2.33. The van der Waals surface area contributed by atoms with E-state index in [-0.39, 0.29) is 16.8 Å². The molecule has 1 heterocycles. The molecule has 21 heavy (non-hydrogen) atoms. The number of nitriles is 1. The van der Waals surface area contributed by atoms with Crippen LogP contribution < -0.4 is 5.32 Å². The predicted octanol–water partition coefficient (Wildman–Crippen LogP) is 4.07. The second-order valence-electron chi connectivity index (χ2n) is 4.16. The largest absolute Gasteiger partial charge is 0.417 e. The Bertz CT molecular complexity index is 702. The summed E-state index contributed by atoms with van der Waals surface area (Å²) in [6.45, 7) is 1.68. The van der Waals surface area contributed by atoms with E-state index >= 15 is 0 Å². The number of hydrogen-bond acceptors (Lipinski definition) is 4. The fourth-order valence-corrected chi connectivity index (χ4v) is 1.92. The first kappa shape index (κ1) is 15.1. The molecule has 1 N–H and O–H groups in total. The third-order valence-corrected chi connectivity index (χ3v) is 2.71. The van der Waals surface area contributed by atoms with Gasteiger partial charge in [-0.25, -0.2) is 9.97 Å². The van der Waals surface area contributed by atoms with Gasteiger partial charge in [0.25, 0.3) is 0 Å². The summed E-state index contributed by atoms with van der Waals surface area (Å²) < 4.78 is 38.6. The van der Waals surface area contributed by atoms with Crippen molar-refractivity contribution in [1.29, 1.82) is 5.26 Å². The maximum absolute atomic E-state index is 12.9. The maximum Gasteiger partial charge on any atom is 0.417 e. The number of alkyl halides is 3. The summed E-state index contributed by atoms with van der Waals surface area (Å²) in [5, 5.41) is 11.4. The lowest BCUT2D eigenvalue weighted by Crippen LogP contribution is -2.08. The first-order valence-corrected chi connectivity index (χ1v) is 6.07. The van der Waals surface area contributed by atoms with Crippen LogP contribution in [-0.4, -0.2) is 9.97 Å². The molecule has 108 valence electrons. The van der Waals surface area contributed by atoms with Crippen LogP contribution in [0.5, 0.6) is 0 Å². The number of aromatic nitrogens is 2. The summed E-state index contributed by atoms with van der Waals surface area (Å²) in [5.41, 5.74) is -0.727. The second-order valence-corrected chi connectivity index (χ2v) is 4.50. The molecule has 4 nitrogen and oxygen atoms in total. The number of benzene rings is 1. The van der Waals surface area contributed by atoms with Crippen molar-refractivity contribution >= 4 is 23.1 Å². The first-order chi connectivity index (χ1) is 9.79. The van der Waals surface area contributed by atoms with Crippen LogP contribution in [0.4, 0.5) is 24.7 Å². The van der Waals surface area contributed by atoms with Gasteiger partial charge in [0.2, 0.25) is 5.28 Å². The van der Waals surface area contributed by atoms with Crippen molar-refractivity contribution < 1.29 is 13.2 Å². The molecule has 1 aromatic carbocycles. The number of rotatable bonds is 2. The molecule has 0 amide bonds. The molecule has 0 unspecified atom stereocenters. The van der Waals surface area contributed by atoms with Crippen LogP contribution in [0.25, 0.3) is 0 Å². The van der Waals surface area contributed by atoms with Gasteiger partial charge in [-0.15, -0.1) is 0 Å². The molecule has 2 aromatic rings. The van der Waals surface area contributed by atoms with E-state index in [1.165, 1.54) is 18.2 Å². The summed E-state index contributed by atoms with van der Waals surface area (Å²) >= 11 is 5.68. The Morgan fingerprint density at radius 1 is 1.24 bits per heavy atom. The molecule has 0 aliphatic rings. The average Bonchev–Trinajstić information content (AvgIpc) is 2.36. The molecule has 0 aliphatic heterocycles. The highest BCUT2D eigenvalue weighted by Gasteiger charge is 2.33. The van der Waals surface area contributed by atoms with Crippen molar-refractivity contribution in [1.82, 2.24) is 9.97 Å². The van der Waals surface area contributed by atoms with E-state index in [2.05, 4.69) is 15.3 Å². The van der Waals surface area contributed by atoms with Crippen LogP contribution in [-0.2, 0) is 6.18 Å². The van der Waals surface area contributed by atoms with E-state index in [1.807, 2.05) is 0 Å². The highest BCUT2D eigenvalue weighted by Crippen LogP contribution is 2.34. The normalized spacial score (nSPS) is 11.0. The van der Waals surface area contributed by atoms with Gasteiger partial charge in [-0.2, -0.15) is 18.4 Å². The Morgan fingerprint density at radius 2 is 1.95 bits per heavy atom. The lowest BCUT2D eigenvalue weighted by Gasteiger charge is -2.12. The molecular formula is C13H8ClF3N4. The predicted molar refractivity (Wildman–Crippen MR) is 71.2 cm³/mol. The molecule has 0 saturated carbocycles. The number of nitrogens with zero attached hydrogens (tertiary/aromatic N) is 3. The van der Waals surface area contributed by atoms with Crippen LogP contribution in [0.1, 0.15) is 16.8 Å². The molecule has 0 aliphatic carbocycles. The minimum absolute atomic E-state index is 0.0119. The van der Waals surface area contributed by atoms with E-state index in [1.54, 1.807) is 6.92 Å². The molecule has 2 rings (SSSR count). The average molecular weight is 313 g/mol. The maximum atomic E-state index is 12.9. The van der Waals surface area contributed by atoms with Crippen LogP contribution >= 0.6 is 11.6 Å². The molecule has 8 heteroatoms. The molecule has 1 aromatic heterocycles. The van der Waals surface area contributed by atoms with E-state index in [0.29, 0.717) is 5.69 Å². The summed E-state index contributed by atoms with van der Waals surface area (Å²) in [4.78, 5) is 7.71. The Kier molecular flexibility index (Phi) is 4.00. The zero-order valence-corrected chi connectivity index (χ0v) is 11.4. The SMILES string of the molecule is Cc1cc(Nc2ccc(C#N)c(C(F)(F)F)c2)nc(Cl)n1. The molecule has 0 atom stereocenters. The fraction of sp³-hybridized carbons (Fsp3) is 0.154. The number of nitrogens with one attached hydrogen (secondary N) is 1. The molecule has 0 bridgehead atoms. The Balaban J connectivity index is 2.40. The van der Waals surface area contributed by atoms with Crippen molar-refractivity contribution in [3.63, 3.8) is 0 Å². The summed E-state index contributed by atoms with van der Waals surface area (Å²) in [6.07, 6.45) is -4.61. The summed E-state index contributed by atoms with van der Waals surface area (Å²) in [5.74, 6) is 0.269. The molecular weight excluding hydrogens is 305 g/mol. The van der Waals surface area contributed by atoms with Gasteiger partial charge >= 0.3 is 6.18 Å². The van der Waals surface area contributed by atoms with Gasteiger partial charge in [0.1, 0.15) is 5.82 Å². The van der Waals surface area contributed by atoms with Gasteiger partial charge < -0.3 is 5.32 Å². The van der Waals surface area contributed by atoms with Crippen molar-refractivity contribution in [2.45, 2.75) is 13.1 Å². The van der Waals surface area contributed by atoms with Crippen LogP contribution in [0, 0.1) is 18.3 Å². The lowest BCUT2D eigenvalue weighted by atomic mass is 10.1. The van der Waals surface area contributed by atoms with E-state index in [0.717, 1.165) is 12.1 Å². The quantitative estimate of drug-likeness (QED) is 0.849. The van der Waals surface area contributed by atoms with E-state index in [4.69, 9.17) is 16.9 Å². The summed E-state index contributed by atoms with van der Waals surface area (Å²) in [6, 6.07) is 6.37. The van der Waals surface area contributed by atoms with E-state index < -0.39 is 17.3 Å². The van der Waals surface area contributed by atoms with Gasteiger partial charge in [0.05, 0.1) is 17.2 Å². The van der Waals surface area contributed by atoms with Gasteiger partial charge in [0, 0.05) is 17.4 Å². The van der Waals surface area contributed by atoms with Crippen LogP contribution in [0.15, 0.2) is 24.3 Å². The third-order valence-electron chi connectivity index (χ3n) is 2.54. The molecule has 0 radical (unpaired) electrons. The topological polar surface area (TPSA) is 61.6 Å². The minimum atomic E-state index is -4.61. The highest BCUT2D eigenvalue weighted by molar-refractivity contribution is 6.28. The fourth-order valence-electron chi connectivity index (χ4n) is 1.70. The van der Waals surface area contributed by atoms with Gasteiger partial charge in [-0.3, -0.25) is 0 Å². The van der Waals surface area contributed by atoms with Gasteiger partial charge in [-0.05, 0) is 36.7 Å². The van der Waals surface area contributed by atoms with Crippen molar-refractivity contribution in [3.8, 4) is 6.07 Å². The van der Waals surface area contributed by atoms with Crippen molar-refractivity contribution in [2.75, 3.05) is 5.32 Å². The van der Waals surface area contributed by atoms with Crippen LogP contribution in [0.2, 0.25) is 5.28 Å². The summed E-state index contributed by atoms with van der Waals surface area (Å²) in [7, 11) is 0. The Morgan fingerprint density at radius 3 is 2.52 bits per heavy atom. The van der Waals surface area contributed by atoms with Crippen molar-refractivity contribution in [2.24, 2.45) is 0 Å². The number of anilines is 2. The zero-order valence-electron chi connectivity index (χ0n) is 10.7. The zero-order chi connectivity index (χ0) is 15.6. The first-order valence-electron chi connectivity index (χ1n) is 5.69. The number of hydrogen-bond donors (Lipinski definition) is 1. The Labute approximate surface area is 123 Å². The highest BCUT2D eigenvalue weighted by atomic mass is 35.5. The van der Waals surface area contributed by atoms with Gasteiger partial charge in [0.15, 0.2) is 0 Å². The third kappa shape index (κ3) is 3.61. The molecule has 0 saturated heterocycles. The lowest BCUT2D eigenvalue weighted by molar-refractivity contribution is -0.137. The van der Waals surface area contributed by atoms with Gasteiger partial charge in [-0.1, -0.05) is 0 Å². The number of aryl methyl sites for hydroxylation is 1. The van der Waals surface area contributed by atoms with Crippen LogP contribution in [0.3, 0.4) is 0 Å². The smallest absolute Gasteiger partial charge is 0.340 e. The monoisotopic (exact) mass is 312 g/mol.